The van der Waals surface area contributed by atoms with Gasteiger partial charge in [-0.25, -0.2) is 10.8 Å². The summed E-state index contributed by atoms with van der Waals surface area (Å²) in [6.45, 7) is 3.94. The number of anilines is 1. The second-order valence-electron chi connectivity index (χ2n) is 4.76. The van der Waals surface area contributed by atoms with Gasteiger partial charge in [0.15, 0.2) is 0 Å². The maximum absolute atomic E-state index is 9.43. The predicted molar refractivity (Wildman–Crippen MR) is 72.1 cm³/mol. The third-order valence-electron chi connectivity index (χ3n) is 3.60. The van der Waals surface area contributed by atoms with Gasteiger partial charge in [-0.05, 0) is 31.0 Å². The van der Waals surface area contributed by atoms with Gasteiger partial charge in [0.1, 0.15) is 5.82 Å². The van der Waals surface area contributed by atoms with Crippen molar-refractivity contribution in [2.75, 3.05) is 18.6 Å². The molecule has 0 spiro atoms. The molecule has 0 aliphatic carbocycles. The van der Waals surface area contributed by atoms with Crippen molar-refractivity contribution in [3.8, 4) is 0 Å². The van der Waals surface area contributed by atoms with Crippen molar-refractivity contribution in [3.63, 3.8) is 0 Å². The molecule has 2 unspecified atom stereocenters. The molecule has 18 heavy (non-hydrogen) atoms. The molecule has 0 radical (unpaired) electrons. The number of nitrogens with two attached hydrogens (primary N) is 1. The number of hydrogen-bond acceptors (Lipinski definition) is 5. The molecule has 1 aliphatic rings. The monoisotopic (exact) mass is 270 g/mol. The van der Waals surface area contributed by atoms with Gasteiger partial charge in [-0.1, -0.05) is 18.5 Å². The highest BCUT2D eigenvalue weighted by Gasteiger charge is 2.30. The molecule has 5 nitrogen and oxygen atoms in total. The highest BCUT2D eigenvalue weighted by molar-refractivity contribution is 6.31. The molecule has 1 fully saturated rings. The fourth-order valence-electron chi connectivity index (χ4n) is 2.45. The van der Waals surface area contributed by atoms with Crippen molar-refractivity contribution in [3.05, 3.63) is 22.8 Å². The molecule has 1 aliphatic heterocycles. The van der Waals surface area contributed by atoms with E-state index < -0.39 is 0 Å². The van der Waals surface area contributed by atoms with Crippen LogP contribution in [0.4, 0.5) is 5.82 Å². The Labute approximate surface area is 112 Å². The van der Waals surface area contributed by atoms with Gasteiger partial charge in [-0.15, -0.1) is 0 Å². The van der Waals surface area contributed by atoms with Gasteiger partial charge in [-0.3, -0.25) is 4.90 Å². The van der Waals surface area contributed by atoms with Gasteiger partial charge >= 0.3 is 0 Å². The van der Waals surface area contributed by atoms with Crippen molar-refractivity contribution in [1.29, 1.82) is 0 Å². The van der Waals surface area contributed by atoms with E-state index in [1.165, 1.54) is 0 Å². The molecule has 4 N–H and O–H groups in total. The highest BCUT2D eigenvalue weighted by Crippen LogP contribution is 2.27. The molecule has 6 heteroatoms. The zero-order valence-electron chi connectivity index (χ0n) is 10.4. The van der Waals surface area contributed by atoms with Crippen molar-refractivity contribution in [2.24, 2.45) is 11.8 Å². The number of hydrogen-bond donors (Lipinski definition) is 3. The highest BCUT2D eigenvalue weighted by atomic mass is 35.5. The molecular weight excluding hydrogens is 252 g/mol. The molecule has 1 saturated heterocycles. The zero-order chi connectivity index (χ0) is 13.1. The Balaban J connectivity index is 2.13. The van der Waals surface area contributed by atoms with Gasteiger partial charge in [0.2, 0.25) is 0 Å². The second-order valence-corrected chi connectivity index (χ2v) is 5.16. The van der Waals surface area contributed by atoms with Crippen LogP contribution in [-0.4, -0.2) is 34.2 Å². The van der Waals surface area contributed by atoms with E-state index in [-0.39, 0.29) is 12.6 Å². The van der Waals surface area contributed by atoms with Crippen LogP contribution in [0.5, 0.6) is 0 Å². The number of aromatic nitrogens is 1. The Bertz CT molecular complexity index is 415. The van der Waals surface area contributed by atoms with Gasteiger partial charge in [0.25, 0.3) is 0 Å². The summed E-state index contributed by atoms with van der Waals surface area (Å²) >= 11 is 6.14. The van der Waals surface area contributed by atoms with Gasteiger partial charge < -0.3 is 10.5 Å². The predicted octanol–water partition coefficient (Wildman–Crippen LogP) is 1.22. The first-order chi connectivity index (χ1) is 8.65. The number of halogens is 1. The molecule has 0 amide bonds. The summed E-state index contributed by atoms with van der Waals surface area (Å²) in [7, 11) is 0. The zero-order valence-corrected chi connectivity index (χ0v) is 11.2. The molecule has 0 bridgehead atoms. The first kappa shape index (κ1) is 13.5. The van der Waals surface area contributed by atoms with Crippen LogP contribution in [0.15, 0.2) is 12.1 Å². The minimum Gasteiger partial charge on any atom is -0.395 e. The Hall–Kier alpha value is -0.880. The number of aliphatic hydroxyl groups excluding tert-OH is 1. The largest absolute Gasteiger partial charge is 0.395 e. The van der Waals surface area contributed by atoms with E-state index in [1.807, 2.05) is 0 Å². The maximum Gasteiger partial charge on any atom is 0.140 e. The molecule has 1 aromatic rings. The van der Waals surface area contributed by atoms with E-state index >= 15 is 0 Å². The number of rotatable bonds is 4. The Morgan fingerprint density at radius 1 is 1.61 bits per heavy atom. The summed E-state index contributed by atoms with van der Waals surface area (Å²) in [4.78, 5) is 6.58. The number of nitrogens with one attached hydrogen (secondary N) is 1. The lowest BCUT2D eigenvalue weighted by molar-refractivity contribution is 0.133. The summed E-state index contributed by atoms with van der Waals surface area (Å²) in [5, 5.41) is 10.1. The quantitative estimate of drug-likeness (QED) is 0.567. The van der Waals surface area contributed by atoms with E-state index in [0.717, 1.165) is 18.7 Å². The van der Waals surface area contributed by atoms with Crippen LogP contribution in [0.3, 0.4) is 0 Å². The lowest BCUT2D eigenvalue weighted by atomic mass is 10.0. The molecule has 2 rings (SSSR count). The average Bonchev–Trinajstić information content (AvgIpc) is 2.72. The van der Waals surface area contributed by atoms with Crippen LogP contribution >= 0.6 is 11.6 Å². The first-order valence-corrected chi connectivity index (χ1v) is 6.50. The van der Waals surface area contributed by atoms with E-state index in [0.29, 0.717) is 23.3 Å². The lowest BCUT2D eigenvalue weighted by Crippen LogP contribution is -2.35. The van der Waals surface area contributed by atoms with Crippen LogP contribution in [0, 0.1) is 5.92 Å². The summed E-state index contributed by atoms with van der Waals surface area (Å²) in [6, 6.07) is 3.71. The van der Waals surface area contributed by atoms with E-state index in [1.54, 1.807) is 12.1 Å². The summed E-state index contributed by atoms with van der Waals surface area (Å²) in [6.07, 6.45) is 1.09. The molecular formula is C12H19ClN4O. The average molecular weight is 271 g/mol. The third kappa shape index (κ3) is 2.75. The summed E-state index contributed by atoms with van der Waals surface area (Å²) in [5.74, 6) is 6.45. The van der Waals surface area contributed by atoms with Crippen molar-refractivity contribution >= 4 is 17.4 Å². The van der Waals surface area contributed by atoms with Crippen LogP contribution in [-0.2, 0) is 6.54 Å². The minimum absolute atomic E-state index is 0.174. The van der Waals surface area contributed by atoms with E-state index in [4.69, 9.17) is 17.4 Å². The number of nitrogen functional groups attached to an aromatic ring is 1. The Morgan fingerprint density at radius 2 is 2.39 bits per heavy atom. The topological polar surface area (TPSA) is 74.4 Å². The molecule has 100 valence electrons. The lowest BCUT2D eigenvalue weighted by Gasteiger charge is -2.25. The molecule has 2 heterocycles. The smallest absolute Gasteiger partial charge is 0.140 e. The first-order valence-electron chi connectivity index (χ1n) is 6.12. The Kier molecular flexibility index (Phi) is 4.40. The van der Waals surface area contributed by atoms with Crippen molar-refractivity contribution in [1.82, 2.24) is 9.88 Å². The molecule has 2 atom stereocenters. The van der Waals surface area contributed by atoms with Crippen LogP contribution in [0.2, 0.25) is 5.02 Å². The SMILES string of the molecule is CC1CCN(Cc2nc(NN)ccc2Cl)C1CO. The van der Waals surface area contributed by atoms with Gasteiger partial charge in [-0.2, -0.15) is 0 Å². The number of hydrazine groups is 1. The second kappa shape index (κ2) is 5.84. The van der Waals surface area contributed by atoms with Crippen molar-refractivity contribution < 1.29 is 5.11 Å². The fourth-order valence-corrected chi connectivity index (χ4v) is 2.61. The van der Waals surface area contributed by atoms with Crippen LogP contribution in [0.1, 0.15) is 19.0 Å². The molecule has 1 aromatic heterocycles. The molecule has 0 aromatic carbocycles. The number of nitrogens with zero attached hydrogens (tertiary/aromatic N) is 2. The standard InChI is InChI=1S/C12H19ClN4O/c1-8-4-5-17(11(8)7-18)6-10-9(13)2-3-12(15-10)16-14/h2-3,8,11,18H,4-7,14H2,1H3,(H,15,16). The normalized spacial score (nSPS) is 24.4. The fraction of sp³-hybridized carbons (Fsp3) is 0.583. The Morgan fingerprint density at radius 3 is 3.06 bits per heavy atom. The maximum atomic E-state index is 9.43. The minimum atomic E-state index is 0.174. The molecule has 0 saturated carbocycles. The summed E-state index contributed by atoms with van der Waals surface area (Å²) in [5.41, 5.74) is 3.31. The van der Waals surface area contributed by atoms with Gasteiger partial charge in [0.05, 0.1) is 17.3 Å². The number of likely N-dealkylation sites (tertiary alicyclic amines) is 1. The van der Waals surface area contributed by atoms with Crippen molar-refractivity contribution in [2.45, 2.75) is 25.9 Å². The van der Waals surface area contributed by atoms with Crippen LogP contribution in [0.25, 0.3) is 0 Å². The van der Waals surface area contributed by atoms with Crippen LogP contribution < -0.4 is 11.3 Å². The number of aliphatic hydroxyl groups is 1. The number of pyridine rings is 1. The van der Waals surface area contributed by atoms with Gasteiger partial charge in [0, 0.05) is 12.6 Å². The third-order valence-corrected chi connectivity index (χ3v) is 3.95. The van der Waals surface area contributed by atoms with E-state index in [9.17, 15) is 5.11 Å². The summed E-state index contributed by atoms with van der Waals surface area (Å²) < 4.78 is 0. The van der Waals surface area contributed by atoms with E-state index in [2.05, 4.69) is 22.2 Å².